The van der Waals surface area contributed by atoms with E-state index in [2.05, 4.69) is 23.3 Å². The van der Waals surface area contributed by atoms with Gasteiger partial charge < -0.3 is 26.4 Å². The Hall–Kier alpha value is -1.46. The van der Waals surface area contributed by atoms with Crippen molar-refractivity contribution in [1.82, 2.24) is 15.5 Å². The summed E-state index contributed by atoms with van der Waals surface area (Å²) < 4.78 is 0. The summed E-state index contributed by atoms with van der Waals surface area (Å²) in [6.45, 7) is 4.02. The Morgan fingerprint density at radius 1 is 1.24 bits per heavy atom. The van der Waals surface area contributed by atoms with Crippen molar-refractivity contribution in [2.45, 2.75) is 57.3 Å². The van der Waals surface area contributed by atoms with Crippen LogP contribution in [0, 0.1) is 5.92 Å². The molecule has 166 valence electrons. The number of amides is 3. The molecule has 29 heavy (non-hydrogen) atoms. The maximum Gasteiger partial charge on any atom is 0.327 e. The second-order valence-corrected chi connectivity index (χ2v) is 8.73. The van der Waals surface area contributed by atoms with Crippen LogP contribution >= 0.6 is 24.4 Å². The third kappa shape index (κ3) is 7.38. The van der Waals surface area contributed by atoms with E-state index in [1.54, 1.807) is 11.8 Å². The summed E-state index contributed by atoms with van der Waals surface area (Å²) in [6, 6.07) is -3.41. The average Bonchev–Trinajstić information content (AvgIpc) is 3.17. The lowest BCUT2D eigenvalue weighted by molar-refractivity contribution is -0.144. The SMILES string of the molecule is CSCCC(NC(=O)C(N)C(C)C)C(=O)N1CCCC1C(=O)NC(CS)C(=O)O. The van der Waals surface area contributed by atoms with E-state index >= 15 is 0 Å². The molecular formula is C18H32N4O5S2. The number of rotatable bonds is 11. The number of carbonyl (C=O) groups excluding carboxylic acids is 3. The third-order valence-corrected chi connectivity index (χ3v) is 5.89. The first-order valence-electron chi connectivity index (χ1n) is 9.63. The highest BCUT2D eigenvalue weighted by atomic mass is 32.2. The van der Waals surface area contributed by atoms with Gasteiger partial charge in [-0.15, -0.1) is 0 Å². The van der Waals surface area contributed by atoms with E-state index < -0.39 is 42.0 Å². The molecule has 1 heterocycles. The Bertz CT molecular complexity index is 605. The molecule has 1 saturated heterocycles. The number of aliphatic carboxylic acids is 1. The summed E-state index contributed by atoms with van der Waals surface area (Å²) in [5, 5.41) is 14.3. The van der Waals surface area contributed by atoms with E-state index in [0.29, 0.717) is 31.6 Å². The van der Waals surface area contributed by atoms with Gasteiger partial charge in [0.25, 0.3) is 0 Å². The van der Waals surface area contributed by atoms with E-state index in [-0.39, 0.29) is 17.6 Å². The number of nitrogens with one attached hydrogen (secondary N) is 2. The zero-order valence-corrected chi connectivity index (χ0v) is 18.8. The zero-order valence-electron chi connectivity index (χ0n) is 17.1. The molecule has 0 aromatic rings. The monoisotopic (exact) mass is 448 g/mol. The van der Waals surface area contributed by atoms with Gasteiger partial charge in [-0.1, -0.05) is 13.8 Å². The van der Waals surface area contributed by atoms with Gasteiger partial charge in [0, 0.05) is 12.3 Å². The second kappa shape index (κ2) is 12.3. The summed E-state index contributed by atoms with van der Waals surface area (Å²) in [4.78, 5) is 50.7. The molecule has 4 unspecified atom stereocenters. The Labute approximate surface area is 181 Å². The van der Waals surface area contributed by atoms with Crippen molar-refractivity contribution in [1.29, 1.82) is 0 Å². The van der Waals surface area contributed by atoms with Crippen molar-refractivity contribution in [2.75, 3.05) is 24.3 Å². The lowest BCUT2D eigenvalue weighted by atomic mass is 10.0. The minimum atomic E-state index is -1.18. The fourth-order valence-corrected chi connectivity index (χ4v) is 3.74. The Kier molecular flexibility index (Phi) is 10.8. The number of nitrogens with two attached hydrogens (primary N) is 1. The number of hydrogen-bond donors (Lipinski definition) is 5. The van der Waals surface area contributed by atoms with Crippen molar-refractivity contribution in [3.05, 3.63) is 0 Å². The first-order valence-corrected chi connectivity index (χ1v) is 11.7. The van der Waals surface area contributed by atoms with Gasteiger partial charge in [0.15, 0.2) is 0 Å². The summed E-state index contributed by atoms with van der Waals surface area (Å²) in [5.41, 5.74) is 5.90. The van der Waals surface area contributed by atoms with Crippen LogP contribution in [0.25, 0.3) is 0 Å². The number of thioether (sulfide) groups is 1. The van der Waals surface area contributed by atoms with E-state index in [0.717, 1.165) is 0 Å². The molecule has 1 aliphatic rings. The van der Waals surface area contributed by atoms with Crippen LogP contribution in [0.2, 0.25) is 0 Å². The molecule has 0 saturated carbocycles. The molecule has 1 fully saturated rings. The Morgan fingerprint density at radius 2 is 1.90 bits per heavy atom. The van der Waals surface area contributed by atoms with Gasteiger partial charge in [0.2, 0.25) is 17.7 Å². The van der Waals surface area contributed by atoms with E-state index in [1.807, 2.05) is 20.1 Å². The van der Waals surface area contributed by atoms with Gasteiger partial charge >= 0.3 is 5.97 Å². The Balaban J connectivity index is 2.91. The van der Waals surface area contributed by atoms with Gasteiger partial charge in [0.1, 0.15) is 18.1 Å². The number of carboxylic acids is 1. The molecular weight excluding hydrogens is 416 g/mol. The van der Waals surface area contributed by atoms with Crippen LogP contribution in [0.3, 0.4) is 0 Å². The quantitative estimate of drug-likeness (QED) is 0.273. The van der Waals surface area contributed by atoms with Crippen molar-refractivity contribution >= 4 is 48.1 Å². The number of nitrogens with zero attached hydrogens (tertiary/aromatic N) is 1. The number of thiol groups is 1. The van der Waals surface area contributed by atoms with Crippen LogP contribution in [0.4, 0.5) is 0 Å². The average molecular weight is 449 g/mol. The molecule has 5 N–H and O–H groups in total. The molecule has 0 bridgehead atoms. The first-order chi connectivity index (χ1) is 13.6. The predicted molar refractivity (Wildman–Crippen MR) is 116 cm³/mol. The highest BCUT2D eigenvalue weighted by molar-refractivity contribution is 7.98. The molecule has 0 radical (unpaired) electrons. The molecule has 0 aromatic heterocycles. The fraction of sp³-hybridized carbons (Fsp3) is 0.778. The molecule has 0 spiro atoms. The maximum absolute atomic E-state index is 13.1. The number of hydrogen-bond acceptors (Lipinski definition) is 7. The molecule has 11 heteroatoms. The molecule has 1 aliphatic heterocycles. The van der Waals surface area contributed by atoms with Gasteiger partial charge in [-0.2, -0.15) is 24.4 Å². The summed E-state index contributed by atoms with van der Waals surface area (Å²) in [6.07, 6.45) is 3.37. The minimum absolute atomic E-state index is 0.0543. The fourth-order valence-electron chi connectivity index (χ4n) is 3.02. The van der Waals surface area contributed by atoms with E-state index in [1.165, 1.54) is 4.90 Å². The standard InChI is InChI=1S/C18H32N4O5S2/c1-10(2)14(19)16(24)20-11(6-8-29-3)17(25)22-7-4-5-13(22)15(23)21-12(9-28)18(26)27/h10-14,28H,4-9,19H2,1-3H3,(H,20,24)(H,21,23)(H,26,27). The third-order valence-electron chi connectivity index (χ3n) is 4.88. The van der Waals surface area contributed by atoms with Gasteiger partial charge in [-0.3, -0.25) is 14.4 Å². The lowest BCUT2D eigenvalue weighted by Gasteiger charge is -2.30. The summed E-state index contributed by atoms with van der Waals surface area (Å²) >= 11 is 5.49. The van der Waals surface area contributed by atoms with Crippen LogP contribution in [0.5, 0.6) is 0 Å². The normalized spacial score (nSPS) is 19.5. The molecule has 3 amide bonds. The van der Waals surface area contributed by atoms with Crippen LogP contribution < -0.4 is 16.4 Å². The molecule has 0 aromatic carbocycles. The van der Waals surface area contributed by atoms with Crippen molar-refractivity contribution in [3.63, 3.8) is 0 Å². The Morgan fingerprint density at radius 3 is 2.41 bits per heavy atom. The topological polar surface area (TPSA) is 142 Å². The van der Waals surface area contributed by atoms with Crippen molar-refractivity contribution < 1.29 is 24.3 Å². The number of carbonyl (C=O) groups is 4. The number of likely N-dealkylation sites (tertiary alicyclic amines) is 1. The van der Waals surface area contributed by atoms with Crippen LogP contribution in [0.15, 0.2) is 0 Å². The van der Waals surface area contributed by atoms with Gasteiger partial charge in [-0.25, -0.2) is 4.79 Å². The first kappa shape index (κ1) is 25.6. The largest absolute Gasteiger partial charge is 0.480 e. The minimum Gasteiger partial charge on any atom is -0.480 e. The van der Waals surface area contributed by atoms with E-state index in [4.69, 9.17) is 10.8 Å². The van der Waals surface area contributed by atoms with Gasteiger partial charge in [-0.05, 0) is 37.2 Å². The highest BCUT2D eigenvalue weighted by Gasteiger charge is 2.38. The molecule has 1 rings (SSSR count). The van der Waals surface area contributed by atoms with Crippen molar-refractivity contribution in [2.24, 2.45) is 11.7 Å². The predicted octanol–water partition coefficient (Wildman–Crippen LogP) is -0.302. The van der Waals surface area contributed by atoms with Gasteiger partial charge in [0.05, 0.1) is 6.04 Å². The lowest BCUT2D eigenvalue weighted by Crippen LogP contribution is -2.57. The van der Waals surface area contributed by atoms with Crippen molar-refractivity contribution in [3.8, 4) is 0 Å². The summed E-state index contributed by atoms with van der Waals surface area (Å²) in [7, 11) is 0. The molecule has 9 nitrogen and oxygen atoms in total. The van der Waals surface area contributed by atoms with Crippen LogP contribution in [-0.4, -0.2) is 82.2 Å². The highest BCUT2D eigenvalue weighted by Crippen LogP contribution is 2.20. The van der Waals surface area contributed by atoms with E-state index in [9.17, 15) is 19.2 Å². The smallest absolute Gasteiger partial charge is 0.327 e. The summed E-state index contributed by atoms with van der Waals surface area (Å²) in [5.74, 6) is -1.94. The second-order valence-electron chi connectivity index (χ2n) is 7.38. The zero-order chi connectivity index (χ0) is 22.1. The maximum atomic E-state index is 13.1. The number of carboxylic acid groups (broad SMARTS) is 1. The molecule has 4 atom stereocenters. The van der Waals surface area contributed by atoms with Crippen LogP contribution in [-0.2, 0) is 19.2 Å². The molecule has 0 aliphatic carbocycles. The van der Waals surface area contributed by atoms with Crippen LogP contribution in [0.1, 0.15) is 33.1 Å².